The van der Waals surface area contributed by atoms with Crippen molar-refractivity contribution in [3.63, 3.8) is 0 Å². The molecule has 2 aromatic carbocycles. The molecule has 0 fully saturated rings. The van der Waals surface area contributed by atoms with E-state index in [0.29, 0.717) is 5.69 Å². The van der Waals surface area contributed by atoms with E-state index in [1.165, 1.54) is 12.1 Å². The van der Waals surface area contributed by atoms with Gasteiger partial charge in [-0.1, -0.05) is 12.1 Å². The molecular formula is C20H21FN4O2. The molecule has 3 rings (SSSR count). The maximum absolute atomic E-state index is 13.8. The van der Waals surface area contributed by atoms with Crippen molar-refractivity contribution < 1.29 is 13.6 Å². The lowest BCUT2D eigenvalue weighted by Crippen LogP contribution is -2.22. The summed E-state index contributed by atoms with van der Waals surface area (Å²) in [6, 6.07) is 11.8. The first kappa shape index (κ1) is 18.6. The number of rotatable bonds is 6. The average Bonchev–Trinajstić information content (AvgIpc) is 3.15. The van der Waals surface area contributed by atoms with E-state index < -0.39 is 11.7 Å². The number of carbonyl (C=O) groups is 1. The Kier molecular flexibility index (Phi) is 5.49. The third-order valence-corrected chi connectivity index (χ3v) is 4.31. The van der Waals surface area contributed by atoms with Crippen LogP contribution >= 0.6 is 0 Å². The number of benzene rings is 2. The Morgan fingerprint density at radius 3 is 2.56 bits per heavy atom. The maximum atomic E-state index is 13.8. The minimum Gasteiger partial charge on any atom is -0.412 e. The number of carbonyl (C=O) groups excluding carboxylic acids is 1. The van der Waals surface area contributed by atoms with Gasteiger partial charge in [-0.05, 0) is 56.7 Å². The van der Waals surface area contributed by atoms with Crippen LogP contribution in [0, 0.1) is 12.7 Å². The fourth-order valence-corrected chi connectivity index (χ4v) is 2.81. The largest absolute Gasteiger partial charge is 0.412 e. The summed E-state index contributed by atoms with van der Waals surface area (Å²) < 4.78 is 19.2. The molecule has 27 heavy (non-hydrogen) atoms. The molecule has 0 saturated heterocycles. The highest BCUT2D eigenvalue weighted by Gasteiger charge is 2.18. The normalized spacial score (nSPS) is 10.7. The van der Waals surface area contributed by atoms with Crippen LogP contribution in [0.3, 0.4) is 0 Å². The predicted octanol–water partition coefficient (Wildman–Crippen LogP) is 4.28. The van der Waals surface area contributed by atoms with Gasteiger partial charge in [-0.15, -0.1) is 10.2 Å². The molecule has 0 atom stereocenters. The maximum Gasteiger partial charge on any atom is 0.313 e. The molecule has 0 unspecified atom stereocenters. The Hall–Kier alpha value is -3.22. The first-order valence-corrected chi connectivity index (χ1v) is 8.78. The summed E-state index contributed by atoms with van der Waals surface area (Å²) in [5.74, 6) is -1.29. The van der Waals surface area contributed by atoms with Gasteiger partial charge in [0, 0.05) is 24.5 Å². The van der Waals surface area contributed by atoms with Gasteiger partial charge in [-0.3, -0.25) is 4.79 Å². The van der Waals surface area contributed by atoms with Crippen LogP contribution in [0.1, 0.15) is 30.1 Å². The molecule has 0 aliphatic carbocycles. The highest BCUT2D eigenvalue weighted by Crippen LogP contribution is 2.24. The summed E-state index contributed by atoms with van der Waals surface area (Å²) >= 11 is 0. The van der Waals surface area contributed by atoms with Gasteiger partial charge in [0.25, 0.3) is 5.89 Å². The van der Waals surface area contributed by atoms with Crippen LogP contribution in [0.4, 0.5) is 15.8 Å². The number of nitrogens with one attached hydrogen (secondary N) is 1. The van der Waals surface area contributed by atoms with Gasteiger partial charge >= 0.3 is 11.8 Å². The van der Waals surface area contributed by atoms with E-state index >= 15 is 0 Å². The number of aromatic nitrogens is 2. The van der Waals surface area contributed by atoms with Crippen molar-refractivity contribution in [3.05, 3.63) is 59.7 Å². The van der Waals surface area contributed by atoms with Gasteiger partial charge in [0.05, 0.1) is 5.56 Å². The molecule has 1 aromatic heterocycles. The lowest BCUT2D eigenvalue weighted by Gasteiger charge is -2.22. The van der Waals surface area contributed by atoms with E-state index in [2.05, 4.69) is 34.3 Å². The van der Waals surface area contributed by atoms with Crippen LogP contribution in [0.5, 0.6) is 0 Å². The van der Waals surface area contributed by atoms with Crippen molar-refractivity contribution in [1.29, 1.82) is 0 Å². The molecule has 1 N–H and O–H groups in total. The van der Waals surface area contributed by atoms with Crippen LogP contribution in [0.15, 0.2) is 46.9 Å². The van der Waals surface area contributed by atoms with Gasteiger partial charge in [-0.25, -0.2) is 4.39 Å². The van der Waals surface area contributed by atoms with Crippen LogP contribution in [-0.4, -0.2) is 29.2 Å². The zero-order valence-corrected chi connectivity index (χ0v) is 15.5. The van der Waals surface area contributed by atoms with Crippen molar-refractivity contribution >= 4 is 17.3 Å². The van der Waals surface area contributed by atoms with Crippen LogP contribution in [-0.2, 0) is 0 Å². The Bertz CT molecular complexity index is 951. The SMILES string of the molecule is CCN(CC)c1ccc(NC(=O)c2nnc(-c3ccccc3F)o2)c(C)c1. The van der Waals surface area contributed by atoms with Gasteiger partial charge in [0.15, 0.2) is 0 Å². The molecule has 0 radical (unpaired) electrons. The molecule has 7 heteroatoms. The van der Waals surface area contributed by atoms with Gasteiger partial charge in [-0.2, -0.15) is 0 Å². The molecule has 0 aliphatic heterocycles. The molecule has 0 aliphatic rings. The zero-order valence-electron chi connectivity index (χ0n) is 15.5. The summed E-state index contributed by atoms with van der Waals surface area (Å²) in [4.78, 5) is 14.6. The number of anilines is 2. The minimum absolute atomic E-state index is 0.0353. The van der Waals surface area contributed by atoms with Gasteiger partial charge in [0.2, 0.25) is 0 Å². The van der Waals surface area contributed by atoms with Crippen molar-refractivity contribution in [2.75, 3.05) is 23.3 Å². The van der Waals surface area contributed by atoms with Crippen LogP contribution in [0.2, 0.25) is 0 Å². The van der Waals surface area contributed by atoms with Crippen LogP contribution < -0.4 is 10.2 Å². The second kappa shape index (κ2) is 7.99. The standard InChI is InChI=1S/C20H21FN4O2/c1-4-25(5-2)14-10-11-17(13(3)12-14)22-18(26)20-24-23-19(27-20)15-8-6-7-9-16(15)21/h6-12H,4-5H2,1-3H3,(H,22,26). The Morgan fingerprint density at radius 2 is 1.89 bits per heavy atom. The zero-order chi connectivity index (χ0) is 19.4. The predicted molar refractivity (Wildman–Crippen MR) is 102 cm³/mol. The van der Waals surface area contributed by atoms with E-state index in [-0.39, 0.29) is 17.3 Å². The Balaban J connectivity index is 1.77. The summed E-state index contributed by atoms with van der Waals surface area (Å²) in [5.41, 5.74) is 2.82. The Labute approximate surface area is 157 Å². The number of nitrogens with zero attached hydrogens (tertiary/aromatic N) is 3. The number of aryl methyl sites for hydroxylation is 1. The summed E-state index contributed by atoms with van der Waals surface area (Å²) in [6.07, 6.45) is 0. The first-order valence-electron chi connectivity index (χ1n) is 8.78. The molecule has 0 spiro atoms. The van der Waals surface area contributed by atoms with E-state index in [4.69, 9.17) is 4.42 Å². The topological polar surface area (TPSA) is 71.3 Å². The monoisotopic (exact) mass is 368 g/mol. The highest BCUT2D eigenvalue weighted by molar-refractivity contribution is 6.01. The summed E-state index contributed by atoms with van der Waals surface area (Å²) in [7, 11) is 0. The minimum atomic E-state index is -0.538. The number of amides is 1. The number of hydrogen-bond donors (Lipinski definition) is 1. The second-order valence-corrected chi connectivity index (χ2v) is 6.02. The fraction of sp³-hybridized carbons (Fsp3) is 0.250. The molecule has 1 amide bonds. The van der Waals surface area contributed by atoms with E-state index in [9.17, 15) is 9.18 Å². The van der Waals surface area contributed by atoms with E-state index in [1.54, 1.807) is 12.1 Å². The lowest BCUT2D eigenvalue weighted by molar-refractivity contribution is 0.0990. The number of hydrogen-bond acceptors (Lipinski definition) is 5. The molecule has 0 saturated carbocycles. The third kappa shape index (κ3) is 3.97. The summed E-state index contributed by atoms with van der Waals surface area (Å²) in [5, 5.41) is 10.3. The summed E-state index contributed by atoms with van der Waals surface area (Å²) in [6.45, 7) is 7.92. The van der Waals surface area contributed by atoms with Crippen molar-refractivity contribution in [2.45, 2.75) is 20.8 Å². The Morgan fingerprint density at radius 1 is 1.15 bits per heavy atom. The smallest absolute Gasteiger partial charge is 0.313 e. The third-order valence-electron chi connectivity index (χ3n) is 4.31. The van der Waals surface area contributed by atoms with Crippen LogP contribution in [0.25, 0.3) is 11.5 Å². The molecule has 3 aromatic rings. The number of halogens is 1. The van der Waals surface area contributed by atoms with Crippen molar-refractivity contribution in [3.8, 4) is 11.5 Å². The van der Waals surface area contributed by atoms with Gasteiger partial charge in [0.1, 0.15) is 5.82 Å². The van der Waals surface area contributed by atoms with E-state index in [0.717, 1.165) is 24.3 Å². The first-order chi connectivity index (χ1) is 13.0. The average molecular weight is 368 g/mol. The highest BCUT2D eigenvalue weighted by atomic mass is 19.1. The molecule has 6 nitrogen and oxygen atoms in total. The molecule has 0 bridgehead atoms. The fourth-order valence-electron chi connectivity index (χ4n) is 2.81. The lowest BCUT2D eigenvalue weighted by atomic mass is 10.1. The molecule has 140 valence electrons. The second-order valence-electron chi connectivity index (χ2n) is 6.02. The van der Waals surface area contributed by atoms with Crippen molar-refractivity contribution in [2.24, 2.45) is 0 Å². The quantitative estimate of drug-likeness (QED) is 0.703. The van der Waals surface area contributed by atoms with Crippen molar-refractivity contribution in [1.82, 2.24) is 10.2 Å². The molecule has 1 heterocycles. The molecular weight excluding hydrogens is 347 g/mol. The van der Waals surface area contributed by atoms with E-state index in [1.807, 2.05) is 25.1 Å². The van der Waals surface area contributed by atoms with Gasteiger partial charge < -0.3 is 14.6 Å².